The van der Waals surface area contributed by atoms with Crippen LogP contribution in [-0.4, -0.2) is 39.6 Å². The second kappa shape index (κ2) is 11.1. The first kappa shape index (κ1) is 29.9. The van der Waals surface area contributed by atoms with Gasteiger partial charge in [0.1, 0.15) is 0 Å². The van der Waals surface area contributed by atoms with Gasteiger partial charge in [-0.3, -0.25) is 4.79 Å². The van der Waals surface area contributed by atoms with Crippen molar-refractivity contribution >= 4 is 32.5 Å². The lowest BCUT2D eigenvalue weighted by molar-refractivity contribution is -0.137. The molecule has 0 heterocycles. The van der Waals surface area contributed by atoms with E-state index in [0.717, 1.165) is 66.3 Å². The molecular weight excluding hydrogens is 544 g/mol. The lowest BCUT2D eigenvalue weighted by atomic mass is 9.44. The van der Waals surface area contributed by atoms with E-state index in [1.165, 1.54) is 38.5 Å². The first-order chi connectivity index (χ1) is 19.9. The molecule has 0 amide bonds. The number of rotatable bonds is 8. The van der Waals surface area contributed by atoms with Gasteiger partial charge in [-0.25, -0.2) is 13.1 Å². The lowest BCUT2D eigenvalue weighted by Gasteiger charge is -2.61. The summed E-state index contributed by atoms with van der Waals surface area (Å²) < 4.78 is 30.8. The molecule has 4 aliphatic carbocycles. The number of nitrogens with zero attached hydrogens (tertiary/aromatic N) is 1. The smallest absolute Gasteiger partial charge is 0.303 e. The van der Waals surface area contributed by atoms with Crippen molar-refractivity contribution < 1.29 is 18.3 Å². The fourth-order valence-corrected chi connectivity index (χ4v) is 12.1. The van der Waals surface area contributed by atoms with Crippen LogP contribution in [0, 0.1) is 40.4 Å². The molecule has 6 nitrogen and oxygen atoms in total. The molecule has 0 spiro atoms. The predicted molar refractivity (Wildman–Crippen MR) is 169 cm³/mol. The second-order valence-electron chi connectivity index (χ2n) is 14.9. The average Bonchev–Trinajstić information content (AvgIpc) is 3.28. The first-order valence-corrected chi connectivity index (χ1v) is 17.9. The van der Waals surface area contributed by atoms with Crippen LogP contribution in [0.1, 0.15) is 90.9 Å². The summed E-state index contributed by atoms with van der Waals surface area (Å²) in [6.07, 6.45) is 12.7. The normalized spacial score (nSPS) is 36.2. The number of fused-ring (bicyclic) bond motifs is 6. The van der Waals surface area contributed by atoms with Crippen LogP contribution in [0.3, 0.4) is 0 Å². The summed E-state index contributed by atoms with van der Waals surface area (Å²) in [6.45, 7) is 5.07. The van der Waals surface area contributed by atoms with Crippen molar-refractivity contribution in [1.82, 2.24) is 4.72 Å². The van der Waals surface area contributed by atoms with Gasteiger partial charge in [-0.15, -0.1) is 0 Å². The molecule has 0 bridgehead atoms. The zero-order valence-electron chi connectivity index (χ0n) is 25.9. The molecule has 42 heavy (non-hydrogen) atoms. The quantitative estimate of drug-likeness (QED) is 0.331. The van der Waals surface area contributed by atoms with Gasteiger partial charge in [-0.2, -0.15) is 0 Å². The Labute approximate surface area is 252 Å². The number of sulfonamides is 1. The zero-order valence-corrected chi connectivity index (χ0v) is 26.8. The first-order valence-electron chi connectivity index (χ1n) is 16.4. The Morgan fingerprint density at radius 1 is 0.929 bits per heavy atom. The highest BCUT2D eigenvalue weighted by atomic mass is 32.2. The van der Waals surface area contributed by atoms with Crippen LogP contribution in [0.4, 0.5) is 5.69 Å². The molecule has 2 aromatic carbocycles. The van der Waals surface area contributed by atoms with Crippen LogP contribution in [-0.2, 0) is 14.8 Å². The van der Waals surface area contributed by atoms with Crippen LogP contribution < -0.4 is 9.62 Å². The summed E-state index contributed by atoms with van der Waals surface area (Å²) in [5.41, 5.74) is 1.67. The van der Waals surface area contributed by atoms with Gasteiger partial charge in [-0.1, -0.05) is 38.1 Å². The largest absolute Gasteiger partial charge is 0.481 e. The minimum absolute atomic E-state index is 0.0177. The highest BCUT2D eigenvalue weighted by Crippen LogP contribution is 2.68. The minimum atomic E-state index is -3.65. The fourth-order valence-electron chi connectivity index (χ4n) is 10.6. The Kier molecular flexibility index (Phi) is 7.91. The SMILES string of the molecule is CN(C)c1cccc2c(S(=O)(=O)N[C@@H]3CCC4(C)C(CCC5C6CCC(CCCC(=O)O)C6(C)CCC54)C3)cccc12. The predicted octanol–water partition coefficient (Wildman–Crippen LogP) is 7.47. The number of carbonyl (C=O) groups is 1. The fraction of sp³-hybridized carbons (Fsp3) is 0.686. The molecule has 2 aromatic rings. The minimum Gasteiger partial charge on any atom is -0.481 e. The Hall–Kier alpha value is -2.12. The molecule has 0 aromatic heterocycles. The molecule has 4 aliphatic rings. The molecule has 4 saturated carbocycles. The van der Waals surface area contributed by atoms with Gasteiger partial charge in [0.05, 0.1) is 4.90 Å². The summed E-state index contributed by atoms with van der Waals surface area (Å²) in [7, 11) is 0.322. The number of carboxylic acid groups (broad SMARTS) is 1. The van der Waals surface area contributed by atoms with Gasteiger partial charge in [-0.05, 0) is 123 Å². The van der Waals surface area contributed by atoms with Crippen molar-refractivity contribution in [2.24, 2.45) is 40.4 Å². The van der Waals surface area contributed by atoms with E-state index in [9.17, 15) is 13.2 Å². The molecule has 4 fully saturated rings. The highest BCUT2D eigenvalue weighted by molar-refractivity contribution is 7.89. The van der Waals surface area contributed by atoms with Crippen LogP contribution >= 0.6 is 0 Å². The van der Waals surface area contributed by atoms with Crippen molar-refractivity contribution in [2.45, 2.75) is 102 Å². The van der Waals surface area contributed by atoms with E-state index in [4.69, 9.17) is 5.11 Å². The van der Waals surface area contributed by atoms with Crippen LogP contribution in [0.15, 0.2) is 41.3 Å². The Balaban J connectivity index is 1.15. The molecule has 230 valence electrons. The molecule has 2 N–H and O–H groups in total. The van der Waals surface area contributed by atoms with Crippen molar-refractivity contribution in [3.05, 3.63) is 36.4 Å². The van der Waals surface area contributed by atoms with E-state index >= 15 is 0 Å². The molecule has 0 aliphatic heterocycles. The number of aliphatic carboxylic acids is 1. The maximum absolute atomic E-state index is 13.8. The second-order valence-corrected chi connectivity index (χ2v) is 16.6. The van der Waals surface area contributed by atoms with Crippen molar-refractivity contribution in [2.75, 3.05) is 19.0 Å². The van der Waals surface area contributed by atoms with E-state index in [2.05, 4.69) is 18.6 Å². The van der Waals surface area contributed by atoms with Crippen molar-refractivity contribution in [3.8, 4) is 0 Å². The maximum Gasteiger partial charge on any atom is 0.303 e. The standard InChI is InChI=1S/C35H50N2O4S/c1-34-21-19-30-28(29(34)17-15-23(34)8-5-13-33(38)39)16-14-24-22-25(18-20-35(24,30)2)36-42(40,41)32-12-7-9-26-27(32)10-6-11-31(26)37(3)4/h6-7,9-12,23-25,28-30,36H,5,8,13-22H2,1-4H3,(H,38,39)/t23?,24?,25-,28?,29?,30?,34?,35?/m1/s1. The molecule has 7 unspecified atom stereocenters. The van der Waals surface area contributed by atoms with Crippen LogP contribution in [0.2, 0.25) is 0 Å². The van der Waals surface area contributed by atoms with Crippen molar-refractivity contribution in [3.63, 3.8) is 0 Å². The average molecular weight is 595 g/mol. The number of anilines is 1. The lowest BCUT2D eigenvalue weighted by Crippen LogP contribution is -2.55. The van der Waals surface area contributed by atoms with E-state index in [0.29, 0.717) is 28.6 Å². The summed E-state index contributed by atoms with van der Waals surface area (Å²) in [6, 6.07) is 11.5. The number of hydrogen-bond donors (Lipinski definition) is 2. The van der Waals surface area contributed by atoms with E-state index in [1.807, 2.05) is 49.3 Å². The summed E-state index contributed by atoms with van der Waals surface area (Å²) in [5, 5.41) is 10.9. The third-order valence-corrected chi connectivity index (χ3v) is 14.3. The molecule has 8 atom stereocenters. The monoisotopic (exact) mass is 594 g/mol. The van der Waals surface area contributed by atoms with Gasteiger partial charge in [0.25, 0.3) is 0 Å². The topological polar surface area (TPSA) is 86.7 Å². The molecule has 6 rings (SSSR count). The van der Waals surface area contributed by atoms with E-state index in [1.54, 1.807) is 6.07 Å². The Morgan fingerprint density at radius 2 is 1.64 bits per heavy atom. The number of carboxylic acids is 1. The van der Waals surface area contributed by atoms with Gasteiger partial charge in [0.2, 0.25) is 10.0 Å². The third-order valence-electron chi connectivity index (χ3n) is 12.8. The molecule has 7 heteroatoms. The van der Waals surface area contributed by atoms with E-state index in [-0.39, 0.29) is 11.5 Å². The van der Waals surface area contributed by atoms with Crippen molar-refractivity contribution in [1.29, 1.82) is 0 Å². The van der Waals surface area contributed by atoms with Crippen LogP contribution in [0.25, 0.3) is 10.8 Å². The molecular formula is C35H50N2O4S. The Bertz CT molecular complexity index is 1440. The van der Waals surface area contributed by atoms with Gasteiger partial charge in [0.15, 0.2) is 0 Å². The number of hydrogen-bond acceptors (Lipinski definition) is 4. The third kappa shape index (κ3) is 5.06. The number of nitrogens with one attached hydrogen (secondary N) is 1. The van der Waals surface area contributed by atoms with Gasteiger partial charge >= 0.3 is 5.97 Å². The summed E-state index contributed by atoms with van der Waals surface area (Å²) in [4.78, 5) is 13.5. The highest BCUT2D eigenvalue weighted by Gasteiger charge is 2.60. The van der Waals surface area contributed by atoms with Gasteiger partial charge < -0.3 is 10.0 Å². The van der Waals surface area contributed by atoms with E-state index < -0.39 is 16.0 Å². The molecule has 0 saturated heterocycles. The van der Waals surface area contributed by atoms with Crippen LogP contribution in [0.5, 0.6) is 0 Å². The summed E-state index contributed by atoms with van der Waals surface area (Å²) in [5.74, 6) is 2.82. The number of benzene rings is 2. The zero-order chi connectivity index (χ0) is 29.9. The summed E-state index contributed by atoms with van der Waals surface area (Å²) >= 11 is 0. The maximum atomic E-state index is 13.8. The Morgan fingerprint density at radius 3 is 2.40 bits per heavy atom. The molecule has 0 radical (unpaired) electrons. The van der Waals surface area contributed by atoms with Gasteiger partial charge in [0, 0.05) is 43.0 Å².